The molecule has 0 spiro atoms. The highest BCUT2D eigenvalue weighted by atomic mass is 16.5. The summed E-state index contributed by atoms with van der Waals surface area (Å²) in [7, 11) is 0. The minimum absolute atomic E-state index is 0.770. The van der Waals surface area contributed by atoms with E-state index in [2.05, 4.69) is 28.9 Å². The van der Waals surface area contributed by atoms with E-state index < -0.39 is 0 Å². The number of nitrogens with two attached hydrogens (primary N) is 1. The molecule has 0 radical (unpaired) electrons. The largest absolute Gasteiger partial charge is 0.492 e. The monoisotopic (exact) mass is 277 g/mol. The van der Waals surface area contributed by atoms with Crippen LogP contribution in [0, 0.1) is 6.92 Å². The highest BCUT2D eigenvalue weighted by molar-refractivity contribution is 5.27. The predicted molar refractivity (Wildman–Crippen MR) is 83.2 cm³/mol. The molecule has 1 aromatic carbocycles. The van der Waals surface area contributed by atoms with E-state index in [1.807, 2.05) is 12.1 Å². The third kappa shape index (κ3) is 5.12. The Hall–Kier alpha value is -1.10. The Morgan fingerprint density at radius 2 is 1.80 bits per heavy atom. The van der Waals surface area contributed by atoms with Gasteiger partial charge in [-0.05, 0) is 44.1 Å². The summed E-state index contributed by atoms with van der Waals surface area (Å²) in [6.07, 6.45) is 1.11. The molecule has 4 heteroatoms. The van der Waals surface area contributed by atoms with Gasteiger partial charge >= 0.3 is 0 Å². The van der Waals surface area contributed by atoms with Crippen molar-refractivity contribution in [2.45, 2.75) is 13.3 Å². The van der Waals surface area contributed by atoms with E-state index in [4.69, 9.17) is 10.5 Å². The Bertz CT molecular complexity index is 389. The molecule has 112 valence electrons. The maximum atomic E-state index is 5.81. The first-order valence-corrected chi connectivity index (χ1v) is 7.62. The van der Waals surface area contributed by atoms with Gasteiger partial charge in [-0.25, -0.2) is 0 Å². The molecule has 0 saturated carbocycles. The predicted octanol–water partition coefficient (Wildman–Crippen LogP) is 1.34. The van der Waals surface area contributed by atoms with Crippen molar-refractivity contribution in [3.63, 3.8) is 0 Å². The molecule has 1 fully saturated rings. The first kappa shape index (κ1) is 15.3. The zero-order valence-corrected chi connectivity index (χ0v) is 12.6. The van der Waals surface area contributed by atoms with E-state index in [1.165, 1.54) is 5.56 Å². The summed E-state index contributed by atoms with van der Waals surface area (Å²) in [5, 5.41) is 0. The number of hydrogen-bond acceptors (Lipinski definition) is 4. The van der Waals surface area contributed by atoms with E-state index in [9.17, 15) is 0 Å². The number of rotatable bonds is 7. The lowest BCUT2D eigenvalue weighted by molar-refractivity contribution is 0.116. The van der Waals surface area contributed by atoms with E-state index in [-0.39, 0.29) is 0 Å². The van der Waals surface area contributed by atoms with Crippen LogP contribution in [0.5, 0.6) is 5.75 Å². The Morgan fingerprint density at radius 1 is 1.10 bits per heavy atom. The van der Waals surface area contributed by atoms with Crippen LogP contribution in [0.3, 0.4) is 0 Å². The number of nitrogens with zero attached hydrogens (tertiary/aromatic N) is 2. The number of piperazine rings is 1. The summed E-state index contributed by atoms with van der Waals surface area (Å²) in [6, 6.07) is 8.25. The van der Waals surface area contributed by atoms with Crippen LogP contribution in [0.15, 0.2) is 24.3 Å². The molecular formula is C16H27N3O. The van der Waals surface area contributed by atoms with Gasteiger partial charge in [0.25, 0.3) is 0 Å². The Labute approximate surface area is 122 Å². The molecule has 2 N–H and O–H groups in total. The van der Waals surface area contributed by atoms with Gasteiger partial charge in [0.05, 0.1) is 0 Å². The normalized spacial score (nSPS) is 17.3. The summed E-state index contributed by atoms with van der Waals surface area (Å²) in [6.45, 7) is 10.4. The molecule has 1 heterocycles. The number of benzene rings is 1. The summed E-state index contributed by atoms with van der Waals surface area (Å²) in [4.78, 5) is 4.99. The molecule has 0 amide bonds. The van der Waals surface area contributed by atoms with Gasteiger partial charge < -0.3 is 15.4 Å². The van der Waals surface area contributed by atoms with Gasteiger partial charge in [-0.1, -0.05) is 12.1 Å². The molecule has 1 aliphatic heterocycles. The minimum Gasteiger partial charge on any atom is -0.492 e. The zero-order valence-electron chi connectivity index (χ0n) is 12.6. The molecule has 0 atom stereocenters. The van der Waals surface area contributed by atoms with E-state index in [1.54, 1.807) is 0 Å². The fourth-order valence-electron chi connectivity index (χ4n) is 2.55. The lowest BCUT2D eigenvalue weighted by atomic mass is 10.2. The quantitative estimate of drug-likeness (QED) is 0.817. The molecule has 1 aromatic rings. The Kier molecular flexibility index (Phi) is 6.30. The Balaban J connectivity index is 1.61. The van der Waals surface area contributed by atoms with Crippen LogP contribution in [0.2, 0.25) is 0 Å². The summed E-state index contributed by atoms with van der Waals surface area (Å²) in [5.41, 5.74) is 6.80. The van der Waals surface area contributed by atoms with Gasteiger partial charge in [0, 0.05) is 32.7 Å². The van der Waals surface area contributed by atoms with Gasteiger partial charge in [-0.3, -0.25) is 4.90 Å². The number of hydrogen-bond donors (Lipinski definition) is 1. The van der Waals surface area contributed by atoms with Crippen LogP contribution in [0.25, 0.3) is 0 Å². The van der Waals surface area contributed by atoms with E-state index in [0.29, 0.717) is 0 Å². The summed E-state index contributed by atoms with van der Waals surface area (Å²) in [5.74, 6) is 0.978. The SMILES string of the molecule is Cc1cccc(OCCN2CCN(CCCN)CC2)c1. The number of aryl methyl sites for hydroxylation is 1. The van der Waals surface area contributed by atoms with E-state index in [0.717, 1.165) is 64.6 Å². The van der Waals surface area contributed by atoms with Crippen molar-refractivity contribution in [1.29, 1.82) is 0 Å². The first-order valence-electron chi connectivity index (χ1n) is 7.62. The number of ether oxygens (including phenoxy) is 1. The molecule has 0 aromatic heterocycles. The second kappa shape index (κ2) is 8.25. The Morgan fingerprint density at radius 3 is 2.45 bits per heavy atom. The van der Waals surface area contributed by atoms with Crippen LogP contribution in [-0.2, 0) is 0 Å². The van der Waals surface area contributed by atoms with E-state index >= 15 is 0 Å². The van der Waals surface area contributed by atoms with Crippen molar-refractivity contribution < 1.29 is 4.74 Å². The standard InChI is InChI=1S/C16H27N3O/c1-15-4-2-5-16(14-15)20-13-12-19-10-8-18(9-11-19)7-3-6-17/h2,4-5,14H,3,6-13,17H2,1H3. The fourth-order valence-corrected chi connectivity index (χ4v) is 2.55. The minimum atomic E-state index is 0.770. The van der Waals surface area contributed by atoms with Crippen molar-refractivity contribution in [2.75, 3.05) is 52.4 Å². The fraction of sp³-hybridized carbons (Fsp3) is 0.625. The average molecular weight is 277 g/mol. The van der Waals surface area contributed by atoms with Crippen molar-refractivity contribution in [3.8, 4) is 5.75 Å². The molecule has 0 unspecified atom stereocenters. The second-order valence-electron chi connectivity index (χ2n) is 5.49. The topological polar surface area (TPSA) is 41.7 Å². The van der Waals surface area contributed by atoms with Crippen LogP contribution < -0.4 is 10.5 Å². The van der Waals surface area contributed by atoms with Gasteiger partial charge in [0.15, 0.2) is 0 Å². The van der Waals surface area contributed by atoms with Crippen molar-refractivity contribution in [3.05, 3.63) is 29.8 Å². The van der Waals surface area contributed by atoms with Crippen molar-refractivity contribution in [2.24, 2.45) is 5.73 Å². The summed E-state index contributed by atoms with van der Waals surface area (Å²) < 4.78 is 5.81. The average Bonchev–Trinajstić information content (AvgIpc) is 2.46. The molecule has 4 nitrogen and oxygen atoms in total. The molecule has 2 rings (SSSR count). The summed E-state index contributed by atoms with van der Waals surface area (Å²) >= 11 is 0. The van der Waals surface area contributed by atoms with Gasteiger partial charge in [-0.2, -0.15) is 0 Å². The molecular weight excluding hydrogens is 250 g/mol. The third-order valence-corrected chi connectivity index (χ3v) is 3.81. The molecule has 0 bridgehead atoms. The van der Waals surface area contributed by atoms with Crippen LogP contribution >= 0.6 is 0 Å². The van der Waals surface area contributed by atoms with Crippen LogP contribution in [0.4, 0.5) is 0 Å². The lowest BCUT2D eigenvalue weighted by Crippen LogP contribution is -2.47. The molecule has 1 aliphatic rings. The van der Waals surface area contributed by atoms with Crippen LogP contribution in [0.1, 0.15) is 12.0 Å². The van der Waals surface area contributed by atoms with Gasteiger partial charge in [0.1, 0.15) is 12.4 Å². The molecule has 20 heavy (non-hydrogen) atoms. The van der Waals surface area contributed by atoms with Crippen molar-refractivity contribution >= 4 is 0 Å². The zero-order chi connectivity index (χ0) is 14.2. The second-order valence-corrected chi connectivity index (χ2v) is 5.49. The van der Waals surface area contributed by atoms with Crippen molar-refractivity contribution in [1.82, 2.24) is 9.80 Å². The smallest absolute Gasteiger partial charge is 0.119 e. The first-order chi connectivity index (χ1) is 9.78. The van der Waals surface area contributed by atoms with Crippen LogP contribution in [-0.4, -0.2) is 62.2 Å². The highest BCUT2D eigenvalue weighted by Crippen LogP contribution is 2.12. The highest BCUT2D eigenvalue weighted by Gasteiger charge is 2.15. The molecule has 1 saturated heterocycles. The van der Waals surface area contributed by atoms with Gasteiger partial charge in [-0.15, -0.1) is 0 Å². The maximum Gasteiger partial charge on any atom is 0.119 e. The maximum absolute atomic E-state index is 5.81. The lowest BCUT2D eigenvalue weighted by Gasteiger charge is -2.34. The molecule has 0 aliphatic carbocycles. The van der Waals surface area contributed by atoms with Gasteiger partial charge in [0.2, 0.25) is 0 Å². The third-order valence-electron chi connectivity index (χ3n) is 3.81.